The van der Waals surface area contributed by atoms with Gasteiger partial charge in [-0.3, -0.25) is 9.52 Å². The van der Waals surface area contributed by atoms with Gasteiger partial charge in [0.1, 0.15) is 0 Å². The number of amides is 1. The number of sulfonamides is 1. The van der Waals surface area contributed by atoms with Crippen molar-refractivity contribution < 1.29 is 13.2 Å². The summed E-state index contributed by atoms with van der Waals surface area (Å²) in [5, 5.41) is 0.300. The molecule has 0 radical (unpaired) electrons. The van der Waals surface area contributed by atoms with Gasteiger partial charge in [-0.15, -0.1) is 0 Å². The number of para-hydroxylation sites is 1. The number of nitrogens with zero attached hydrogens (tertiary/aromatic N) is 2. The van der Waals surface area contributed by atoms with Crippen molar-refractivity contribution in [3.63, 3.8) is 0 Å². The number of hydrogen-bond acceptors (Lipinski definition) is 5. The first-order valence-corrected chi connectivity index (χ1v) is 10.4. The zero-order valence-corrected chi connectivity index (χ0v) is 15.0. The maximum atomic E-state index is 12.9. The molecule has 2 aromatic carbocycles. The minimum atomic E-state index is -3.38. The molecule has 0 saturated heterocycles. The maximum absolute atomic E-state index is 12.9. The largest absolute Gasteiger partial charge is 0.308 e. The Kier molecular flexibility index (Phi) is 3.73. The molecule has 1 aromatic heterocycles. The molecule has 4 rings (SSSR count). The van der Waals surface area contributed by atoms with Crippen LogP contribution in [0.5, 0.6) is 0 Å². The third-order valence-electron chi connectivity index (χ3n) is 4.04. The minimum Gasteiger partial charge on any atom is -0.308 e. The highest BCUT2D eigenvalue weighted by Crippen LogP contribution is 2.31. The Balaban J connectivity index is 1.67. The monoisotopic (exact) mass is 373 g/mol. The molecule has 1 amide bonds. The minimum absolute atomic E-state index is 0.0575. The predicted octanol–water partition coefficient (Wildman–Crippen LogP) is 2.87. The fourth-order valence-corrected chi connectivity index (χ4v) is 4.71. The van der Waals surface area contributed by atoms with Gasteiger partial charge < -0.3 is 4.90 Å². The van der Waals surface area contributed by atoms with Crippen LogP contribution in [0.3, 0.4) is 0 Å². The van der Waals surface area contributed by atoms with Gasteiger partial charge in [0.25, 0.3) is 5.91 Å². The van der Waals surface area contributed by atoms with Crippen molar-refractivity contribution >= 4 is 48.3 Å². The highest BCUT2D eigenvalue weighted by molar-refractivity contribution is 7.92. The predicted molar refractivity (Wildman–Crippen MR) is 99.9 cm³/mol. The Bertz CT molecular complexity index is 1090. The van der Waals surface area contributed by atoms with E-state index in [1.54, 1.807) is 23.1 Å². The van der Waals surface area contributed by atoms with Crippen molar-refractivity contribution in [3.8, 4) is 0 Å². The van der Waals surface area contributed by atoms with Gasteiger partial charge in [0.15, 0.2) is 5.13 Å². The van der Waals surface area contributed by atoms with Crippen LogP contribution in [-0.4, -0.2) is 32.1 Å². The molecule has 1 aliphatic rings. The SMILES string of the molecule is CS(=O)(=O)Nc1nc2ccc(C(=O)N3CCc4ccccc43)cc2s1. The van der Waals surface area contributed by atoms with Crippen molar-refractivity contribution in [2.24, 2.45) is 0 Å². The second-order valence-electron chi connectivity index (χ2n) is 5.91. The number of anilines is 2. The zero-order chi connectivity index (χ0) is 17.6. The Hall–Kier alpha value is -2.45. The highest BCUT2D eigenvalue weighted by atomic mass is 32.2. The van der Waals surface area contributed by atoms with Gasteiger partial charge in [0.2, 0.25) is 10.0 Å². The number of hydrogen-bond donors (Lipinski definition) is 1. The molecule has 25 heavy (non-hydrogen) atoms. The maximum Gasteiger partial charge on any atom is 0.258 e. The molecule has 0 spiro atoms. The van der Waals surface area contributed by atoms with Gasteiger partial charge in [0, 0.05) is 17.8 Å². The lowest BCUT2D eigenvalue weighted by molar-refractivity contribution is 0.0989. The number of thiazole rings is 1. The lowest BCUT2D eigenvalue weighted by atomic mass is 10.1. The summed E-state index contributed by atoms with van der Waals surface area (Å²) in [6.45, 7) is 0.666. The number of nitrogens with one attached hydrogen (secondary N) is 1. The Morgan fingerprint density at radius 2 is 2.04 bits per heavy atom. The molecule has 0 atom stereocenters. The molecule has 0 unspecified atom stereocenters. The van der Waals surface area contributed by atoms with E-state index in [-0.39, 0.29) is 5.91 Å². The lowest BCUT2D eigenvalue weighted by Crippen LogP contribution is -2.28. The van der Waals surface area contributed by atoms with E-state index < -0.39 is 10.0 Å². The second-order valence-corrected chi connectivity index (χ2v) is 8.69. The van der Waals surface area contributed by atoms with Crippen LogP contribution in [0.4, 0.5) is 10.8 Å². The van der Waals surface area contributed by atoms with Crippen LogP contribution < -0.4 is 9.62 Å². The molecule has 1 aliphatic heterocycles. The van der Waals surface area contributed by atoms with E-state index in [2.05, 4.69) is 9.71 Å². The van der Waals surface area contributed by atoms with E-state index >= 15 is 0 Å². The van der Waals surface area contributed by atoms with Crippen molar-refractivity contribution in [1.29, 1.82) is 0 Å². The summed E-state index contributed by atoms with van der Waals surface area (Å²) in [6.07, 6.45) is 1.94. The van der Waals surface area contributed by atoms with Gasteiger partial charge in [-0.25, -0.2) is 13.4 Å². The van der Waals surface area contributed by atoms with Gasteiger partial charge in [-0.05, 0) is 36.2 Å². The molecule has 0 aliphatic carbocycles. The Labute approximate surface area is 149 Å². The summed E-state index contributed by atoms with van der Waals surface area (Å²) in [5.74, 6) is -0.0575. The molecule has 0 bridgehead atoms. The number of benzene rings is 2. The second kappa shape index (κ2) is 5.82. The summed E-state index contributed by atoms with van der Waals surface area (Å²) < 4.78 is 25.8. The van der Waals surface area contributed by atoms with Gasteiger partial charge in [-0.1, -0.05) is 29.5 Å². The first-order chi connectivity index (χ1) is 11.9. The normalized spacial score (nSPS) is 13.9. The zero-order valence-electron chi connectivity index (χ0n) is 13.4. The summed E-state index contributed by atoms with van der Waals surface area (Å²) >= 11 is 1.21. The van der Waals surface area contributed by atoms with E-state index in [1.807, 2.05) is 24.3 Å². The quantitative estimate of drug-likeness (QED) is 0.766. The van der Waals surface area contributed by atoms with Crippen LogP contribution in [0.15, 0.2) is 42.5 Å². The highest BCUT2D eigenvalue weighted by Gasteiger charge is 2.25. The van der Waals surface area contributed by atoms with Crippen molar-refractivity contribution in [3.05, 3.63) is 53.6 Å². The summed E-state index contributed by atoms with van der Waals surface area (Å²) in [5.41, 5.74) is 3.36. The molecular formula is C17H15N3O3S2. The van der Waals surface area contributed by atoms with Gasteiger partial charge in [0.05, 0.1) is 16.5 Å². The topological polar surface area (TPSA) is 79.4 Å². The third-order valence-corrected chi connectivity index (χ3v) is 5.67. The fourth-order valence-electron chi connectivity index (χ4n) is 2.96. The number of rotatable bonds is 3. The number of carbonyl (C=O) groups excluding carboxylic acids is 1. The van der Waals surface area contributed by atoms with Crippen LogP contribution in [0.2, 0.25) is 0 Å². The smallest absolute Gasteiger partial charge is 0.258 e. The molecule has 6 nitrogen and oxygen atoms in total. The number of carbonyl (C=O) groups is 1. The van der Waals surface area contributed by atoms with E-state index in [0.29, 0.717) is 22.8 Å². The average molecular weight is 373 g/mol. The van der Waals surface area contributed by atoms with Crippen molar-refractivity contribution in [2.45, 2.75) is 6.42 Å². The standard InChI is InChI=1S/C17H15N3O3S2/c1-25(22,23)19-17-18-13-7-6-12(10-15(13)24-17)16(21)20-9-8-11-4-2-3-5-14(11)20/h2-7,10H,8-9H2,1H3,(H,18,19). The molecule has 0 fully saturated rings. The summed E-state index contributed by atoms with van der Waals surface area (Å²) in [4.78, 5) is 18.9. The molecule has 128 valence electrons. The van der Waals surface area contributed by atoms with Crippen molar-refractivity contribution in [2.75, 3.05) is 22.4 Å². The van der Waals surface area contributed by atoms with E-state index in [4.69, 9.17) is 0 Å². The molecule has 1 N–H and O–H groups in total. The first-order valence-electron chi connectivity index (χ1n) is 7.69. The first kappa shape index (κ1) is 16.0. The third kappa shape index (κ3) is 3.10. The molecule has 0 saturated carbocycles. The average Bonchev–Trinajstić information content (AvgIpc) is 3.14. The summed E-state index contributed by atoms with van der Waals surface area (Å²) in [6, 6.07) is 13.2. The van der Waals surface area contributed by atoms with Crippen LogP contribution >= 0.6 is 11.3 Å². The van der Waals surface area contributed by atoms with Crippen LogP contribution in [0.1, 0.15) is 15.9 Å². The molecule has 2 heterocycles. The Morgan fingerprint density at radius 1 is 1.24 bits per heavy atom. The van der Waals surface area contributed by atoms with E-state index in [0.717, 1.165) is 23.1 Å². The van der Waals surface area contributed by atoms with Gasteiger partial charge in [-0.2, -0.15) is 0 Å². The lowest BCUT2D eigenvalue weighted by Gasteiger charge is -2.17. The van der Waals surface area contributed by atoms with E-state index in [1.165, 1.54) is 16.9 Å². The van der Waals surface area contributed by atoms with Crippen molar-refractivity contribution in [1.82, 2.24) is 4.98 Å². The molecule has 8 heteroatoms. The van der Waals surface area contributed by atoms with Crippen LogP contribution in [0.25, 0.3) is 10.2 Å². The number of fused-ring (bicyclic) bond motifs is 2. The van der Waals surface area contributed by atoms with E-state index in [9.17, 15) is 13.2 Å². The fraction of sp³-hybridized carbons (Fsp3) is 0.176. The Morgan fingerprint density at radius 3 is 2.84 bits per heavy atom. The summed E-state index contributed by atoms with van der Waals surface area (Å²) in [7, 11) is -3.38. The molecular weight excluding hydrogens is 358 g/mol. The number of aromatic nitrogens is 1. The van der Waals surface area contributed by atoms with Gasteiger partial charge >= 0.3 is 0 Å². The molecule has 3 aromatic rings. The van der Waals surface area contributed by atoms with Crippen LogP contribution in [0, 0.1) is 0 Å². The van der Waals surface area contributed by atoms with Crippen LogP contribution in [-0.2, 0) is 16.4 Å².